The van der Waals surface area contributed by atoms with Gasteiger partial charge in [0, 0.05) is 0 Å². The molecule has 0 saturated heterocycles. The summed E-state index contributed by atoms with van der Waals surface area (Å²) in [7, 11) is 0. The van der Waals surface area contributed by atoms with E-state index in [1.165, 1.54) is 6.92 Å². The van der Waals surface area contributed by atoms with Crippen LogP contribution in [-0.2, 0) is 4.79 Å². The van der Waals surface area contributed by atoms with E-state index in [2.05, 4.69) is 0 Å². The van der Waals surface area contributed by atoms with Gasteiger partial charge in [-0.05, 0) is 20.8 Å². The Morgan fingerprint density at radius 3 is 1.71 bits per heavy atom. The molecule has 41 valence electrons. The van der Waals surface area contributed by atoms with Crippen LogP contribution >= 0.6 is 0 Å². The highest BCUT2D eigenvalue weighted by molar-refractivity contribution is 5.84. The lowest BCUT2D eigenvalue weighted by atomic mass is 10.0. The van der Waals surface area contributed by atoms with E-state index in [-0.39, 0.29) is 5.78 Å². The Morgan fingerprint density at radius 1 is 1.57 bits per heavy atom. The number of rotatable bonds is 1. The van der Waals surface area contributed by atoms with Crippen LogP contribution in [0.15, 0.2) is 0 Å². The maximum atomic E-state index is 10.3. The third-order valence-corrected chi connectivity index (χ3v) is 0.880. The molecule has 7 heavy (non-hydrogen) atoms. The molecule has 1 radical (unpaired) electrons. The minimum absolute atomic E-state index is 0.0903. The minimum atomic E-state index is -0.889. The lowest BCUT2D eigenvalue weighted by Gasteiger charge is -2.10. The molecule has 0 rings (SSSR count). The zero-order chi connectivity index (χ0) is 6.08. The second kappa shape index (κ2) is 1.62. The Morgan fingerprint density at radius 2 is 1.71 bits per heavy atom. The van der Waals surface area contributed by atoms with E-state index in [1.807, 2.05) is 0 Å². The maximum absolute atomic E-state index is 10.3. The van der Waals surface area contributed by atoms with Crippen LogP contribution in [0, 0.1) is 0 Å². The molecule has 0 bridgehead atoms. The largest absolute Gasteiger partial charge is 0.298 e. The van der Waals surface area contributed by atoms with Crippen LogP contribution < -0.4 is 5.73 Å². The molecule has 0 atom stereocenters. The third-order valence-electron chi connectivity index (χ3n) is 0.880. The lowest BCUT2D eigenvalue weighted by Crippen LogP contribution is -2.30. The van der Waals surface area contributed by atoms with Crippen molar-refractivity contribution in [1.29, 1.82) is 0 Å². The van der Waals surface area contributed by atoms with Gasteiger partial charge in [-0.1, -0.05) is 0 Å². The van der Waals surface area contributed by atoms with Gasteiger partial charge in [-0.2, -0.15) is 0 Å². The summed E-state index contributed by atoms with van der Waals surface area (Å²) < 4.78 is 0. The first kappa shape index (κ1) is 6.63. The predicted molar refractivity (Wildman–Crippen MR) is 27.9 cm³/mol. The molecule has 1 N–H and O–H groups in total. The highest BCUT2D eigenvalue weighted by atomic mass is 16.1. The predicted octanol–water partition coefficient (Wildman–Crippen LogP) is 0.637. The van der Waals surface area contributed by atoms with Gasteiger partial charge >= 0.3 is 0 Å². The number of carbonyl (C=O) groups excluding carboxylic acids is 1. The van der Waals surface area contributed by atoms with Gasteiger partial charge < -0.3 is 0 Å². The molecule has 0 aromatic heterocycles. The fraction of sp³-hybridized carbons (Fsp3) is 0.800. The Balaban J connectivity index is 3.79. The van der Waals surface area contributed by atoms with Crippen LogP contribution in [0.25, 0.3) is 0 Å². The molecule has 0 saturated carbocycles. The molecule has 0 unspecified atom stereocenters. The molecule has 0 aromatic carbocycles. The van der Waals surface area contributed by atoms with E-state index in [4.69, 9.17) is 5.73 Å². The molecule has 0 aliphatic rings. The number of nitrogens with one attached hydrogen (secondary N) is 1. The molecule has 2 nitrogen and oxygen atoms in total. The quantitative estimate of drug-likeness (QED) is 0.476. The third kappa shape index (κ3) is 2.34. The summed E-state index contributed by atoms with van der Waals surface area (Å²) in [6, 6.07) is 0. The van der Waals surface area contributed by atoms with E-state index < -0.39 is 5.54 Å². The van der Waals surface area contributed by atoms with Crippen molar-refractivity contribution in [2.45, 2.75) is 26.3 Å². The van der Waals surface area contributed by atoms with Crippen LogP contribution in [0.1, 0.15) is 20.8 Å². The van der Waals surface area contributed by atoms with Gasteiger partial charge in [0.2, 0.25) is 0 Å². The summed E-state index contributed by atoms with van der Waals surface area (Å²) in [5, 5.41) is 0. The first-order valence-electron chi connectivity index (χ1n) is 2.20. The molecule has 0 spiro atoms. The van der Waals surface area contributed by atoms with Crippen molar-refractivity contribution < 1.29 is 4.79 Å². The molecule has 2 heteroatoms. The summed E-state index contributed by atoms with van der Waals surface area (Å²) in [5.41, 5.74) is 6.15. The molecule has 0 fully saturated rings. The van der Waals surface area contributed by atoms with Crippen molar-refractivity contribution in [3.63, 3.8) is 0 Å². The van der Waals surface area contributed by atoms with Gasteiger partial charge in [-0.3, -0.25) is 4.79 Å². The minimum Gasteiger partial charge on any atom is -0.298 e. The Hall–Kier alpha value is -0.370. The van der Waals surface area contributed by atoms with Gasteiger partial charge in [-0.15, -0.1) is 0 Å². The lowest BCUT2D eigenvalue weighted by molar-refractivity contribution is -0.121. The molecule has 0 aliphatic carbocycles. The summed E-state index contributed by atoms with van der Waals surface area (Å²) in [6.07, 6.45) is 0. The first-order valence-corrected chi connectivity index (χ1v) is 2.20. The second-order valence-corrected chi connectivity index (χ2v) is 2.18. The summed E-state index contributed by atoms with van der Waals surface area (Å²) in [4.78, 5) is 10.3. The smallest absolute Gasteiger partial charge is 0.150 e. The normalized spacial score (nSPS) is 11.4. The van der Waals surface area contributed by atoms with Crippen LogP contribution in [0.5, 0.6) is 0 Å². The monoisotopic (exact) mass is 100 g/mol. The Labute approximate surface area is 43.7 Å². The summed E-state index contributed by atoms with van der Waals surface area (Å²) >= 11 is 0. The van der Waals surface area contributed by atoms with E-state index in [1.54, 1.807) is 13.8 Å². The number of Topliss-reactive ketones (excluding diaryl/α,β-unsaturated/α-hetero) is 1. The fourth-order valence-electron chi connectivity index (χ4n) is 0. The van der Waals surface area contributed by atoms with Crippen molar-refractivity contribution in [2.24, 2.45) is 0 Å². The standard InChI is InChI=1S/C5H10NO/c1-4(7)5(2,3)6/h6H,1-3H3. The zero-order valence-electron chi connectivity index (χ0n) is 4.91. The van der Waals surface area contributed by atoms with E-state index >= 15 is 0 Å². The molecular weight excluding hydrogens is 90.1 g/mol. The van der Waals surface area contributed by atoms with Crippen LogP contribution in [-0.4, -0.2) is 11.3 Å². The summed E-state index contributed by atoms with van der Waals surface area (Å²) in [5.74, 6) is -0.0903. The Bertz CT molecular complexity index is 80.6. The van der Waals surface area contributed by atoms with Gasteiger partial charge in [0.25, 0.3) is 0 Å². The second-order valence-electron chi connectivity index (χ2n) is 2.18. The number of hydrogen-bond acceptors (Lipinski definition) is 1. The molecular formula is C5H10NO. The average molecular weight is 100 g/mol. The van der Waals surface area contributed by atoms with Gasteiger partial charge in [0.1, 0.15) is 0 Å². The van der Waals surface area contributed by atoms with Crippen LogP contribution in [0.3, 0.4) is 0 Å². The van der Waals surface area contributed by atoms with Gasteiger partial charge in [0.15, 0.2) is 5.78 Å². The van der Waals surface area contributed by atoms with E-state index in [0.717, 1.165) is 0 Å². The van der Waals surface area contributed by atoms with Gasteiger partial charge in [-0.25, -0.2) is 5.73 Å². The zero-order valence-corrected chi connectivity index (χ0v) is 4.91. The van der Waals surface area contributed by atoms with Crippen LogP contribution in [0.4, 0.5) is 0 Å². The van der Waals surface area contributed by atoms with E-state index in [0.29, 0.717) is 0 Å². The van der Waals surface area contributed by atoms with Gasteiger partial charge in [0.05, 0.1) is 5.54 Å². The maximum Gasteiger partial charge on any atom is 0.150 e. The summed E-state index contributed by atoms with van der Waals surface area (Å²) in [6.45, 7) is 4.58. The number of carbonyl (C=O) groups is 1. The van der Waals surface area contributed by atoms with Crippen molar-refractivity contribution >= 4 is 5.78 Å². The van der Waals surface area contributed by atoms with E-state index in [9.17, 15) is 4.79 Å². The SMILES string of the molecule is CC(=O)C(C)(C)[NH]. The van der Waals surface area contributed by atoms with Crippen molar-refractivity contribution in [1.82, 2.24) is 5.73 Å². The first-order chi connectivity index (χ1) is 2.94. The number of hydrogen-bond donors (Lipinski definition) is 0. The topological polar surface area (TPSA) is 40.9 Å². The highest BCUT2D eigenvalue weighted by Crippen LogP contribution is 1.98. The molecule has 0 aliphatic heterocycles. The number of ketones is 1. The van der Waals surface area contributed by atoms with Crippen LogP contribution in [0.2, 0.25) is 0 Å². The average Bonchev–Trinajstić information content (AvgIpc) is 1.31. The fourth-order valence-corrected chi connectivity index (χ4v) is 0. The molecule has 0 aromatic rings. The molecule has 0 heterocycles. The van der Waals surface area contributed by atoms with Crippen molar-refractivity contribution in [3.8, 4) is 0 Å². The Kier molecular flexibility index (Phi) is 1.53. The molecule has 0 amide bonds. The van der Waals surface area contributed by atoms with Crippen molar-refractivity contribution in [3.05, 3.63) is 0 Å². The highest BCUT2D eigenvalue weighted by Gasteiger charge is 2.16. The van der Waals surface area contributed by atoms with Crippen molar-refractivity contribution in [2.75, 3.05) is 0 Å².